The predicted octanol–water partition coefficient (Wildman–Crippen LogP) is 3.12. The zero-order valence-corrected chi connectivity index (χ0v) is 14.4. The van der Waals surface area contributed by atoms with E-state index in [2.05, 4.69) is 5.10 Å². The zero-order valence-electron chi connectivity index (χ0n) is 14.4. The van der Waals surface area contributed by atoms with E-state index in [0.717, 1.165) is 12.1 Å². The van der Waals surface area contributed by atoms with Gasteiger partial charge in [0, 0.05) is 23.5 Å². The third-order valence-corrected chi connectivity index (χ3v) is 4.47. The van der Waals surface area contributed by atoms with Crippen LogP contribution in [0.4, 0.5) is 13.2 Å². The Morgan fingerprint density at radius 3 is 2.39 bits per heavy atom. The molecule has 0 fully saturated rings. The molecule has 2 heterocycles. The molecule has 8 heteroatoms. The molecular formula is C20H14F3N3O2. The molecule has 0 aliphatic carbocycles. The average Bonchev–Trinajstić information content (AvgIpc) is 3.07. The highest BCUT2D eigenvalue weighted by atomic mass is 19.2. The SMILES string of the molecule is O=c1c2c(CO)c(-c3ccc(F)cc3)nn2ccn1Cc1ccc(F)c(F)c1. The van der Waals surface area contributed by atoms with E-state index in [4.69, 9.17) is 0 Å². The van der Waals surface area contributed by atoms with Gasteiger partial charge in [0.05, 0.1) is 18.8 Å². The van der Waals surface area contributed by atoms with Crippen molar-refractivity contribution >= 4 is 5.52 Å². The normalized spacial score (nSPS) is 11.3. The van der Waals surface area contributed by atoms with Crippen LogP contribution in [-0.2, 0) is 13.2 Å². The molecule has 0 amide bonds. The molecule has 0 saturated heterocycles. The van der Waals surface area contributed by atoms with Crippen LogP contribution in [0.3, 0.4) is 0 Å². The van der Waals surface area contributed by atoms with Crippen molar-refractivity contribution in [3.63, 3.8) is 0 Å². The van der Waals surface area contributed by atoms with Crippen LogP contribution in [0.25, 0.3) is 16.8 Å². The van der Waals surface area contributed by atoms with Gasteiger partial charge in [-0.25, -0.2) is 17.7 Å². The summed E-state index contributed by atoms with van der Waals surface area (Å²) in [5.41, 5.74) is 1.35. The van der Waals surface area contributed by atoms with Gasteiger partial charge in [-0.05, 0) is 42.0 Å². The Bertz CT molecular complexity index is 1230. The third-order valence-electron chi connectivity index (χ3n) is 4.47. The van der Waals surface area contributed by atoms with Crippen LogP contribution in [0.15, 0.2) is 59.7 Å². The van der Waals surface area contributed by atoms with E-state index in [9.17, 15) is 23.1 Å². The van der Waals surface area contributed by atoms with Crippen molar-refractivity contribution in [2.75, 3.05) is 0 Å². The van der Waals surface area contributed by atoms with Crippen LogP contribution in [0.5, 0.6) is 0 Å². The highest BCUT2D eigenvalue weighted by Gasteiger charge is 2.18. The van der Waals surface area contributed by atoms with Gasteiger partial charge in [-0.2, -0.15) is 5.10 Å². The minimum atomic E-state index is -0.995. The number of nitrogens with zero attached hydrogens (tertiary/aromatic N) is 3. The van der Waals surface area contributed by atoms with Crippen molar-refractivity contribution in [2.45, 2.75) is 13.2 Å². The topological polar surface area (TPSA) is 59.5 Å². The van der Waals surface area contributed by atoms with Crippen molar-refractivity contribution in [3.05, 3.63) is 93.8 Å². The quantitative estimate of drug-likeness (QED) is 0.587. The number of aromatic nitrogens is 3. The van der Waals surface area contributed by atoms with Gasteiger partial charge in [-0.1, -0.05) is 6.07 Å². The van der Waals surface area contributed by atoms with E-state index in [1.807, 2.05) is 0 Å². The molecule has 0 atom stereocenters. The first kappa shape index (κ1) is 18.0. The van der Waals surface area contributed by atoms with Crippen molar-refractivity contribution < 1.29 is 18.3 Å². The Labute approximate surface area is 156 Å². The fourth-order valence-electron chi connectivity index (χ4n) is 3.10. The molecule has 4 aromatic rings. The summed E-state index contributed by atoms with van der Waals surface area (Å²) < 4.78 is 42.4. The molecule has 1 N–H and O–H groups in total. The number of hydrogen-bond acceptors (Lipinski definition) is 3. The maximum absolute atomic E-state index is 13.4. The van der Waals surface area contributed by atoms with E-state index in [1.54, 1.807) is 0 Å². The summed E-state index contributed by atoms with van der Waals surface area (Å²) in [6, 6.07) is 8.97. The zero-order chi connectivity index (χ0) is 19.8. The van der Waals surface area contributed by atoms with Gasteiger partial charge in [0.25, 0.3) is 5.56 Å². The third kappa shape index (κ3) is 3.07. The van der Waals surface area contributed by atoms with Crippen molar-refractivity contribution in [1.29, 1.82) is 0 Å². The average molecular weight is 385 g/mol. The number of benzene rings is 2. The Kier molecular flexibility index (Phi) is 4.48. The number of hydrogen-bond donors (Lipinski definition) is 1. The van der Waals surface area contributed by atoms with Crippen molar-refractivity contribution in [2.24, 2.45) is 0 Å². The van der Waals surface area contributed by atoms with Gasteiger partial charge < -0.3 is 9.67 Å². The van der Waals surface area contributed by atoms with Crippen LogP contribution in [-0.4, -0.2) is 19.3 Å². The first-order valence-corrected chi connectivity index (χ1v) is 8.39. The fourth-order valence-corrected chi connectivity index (χ4v) is 3.10. The molecule has 28 heavy (non-hydrogen) atoms. The van der Waals surface area contributed by atoms with Gasteiger partial charge in [0.2, 0.25) is 0 Å². The lowest BCUT2D eigenvalue weighted by Gasteiger charge is -2.07. The maximum Gasteiger partial charge on any atom is 0.277 e. The van der Waals surface area contributed by atoms with E-state index >= 15 is 0 Å². The van der Waals surface area contributed by atoms with Gasteiger partial charge >= 0.3 is 0 Å². The molecule has 0 radical (unpaired) electrons. The fraction of sp³-hybridized carbons (Fsp3) is 0.100. The standard InChI is InChI=1S/C20H14F3N3O2/c21-14-4-2-13(3-5-14)18-15(11-27)19-20(28)25(7-8-26(19)24-18)10-12-1-6-16(22)17(23)9-12/h1-9,27H,10-11H2. The van der Waals surface area contributed by atoms with E-state index in [1.165, 1.54) is 51.8 Å². The molecule has 0 unspecified atom stereocenters. The maximum atomic E-state index is 13.4. The predicted molar refractivity (Wildman–Crippen MR) is 96.2 cm³/mol. The number of rotatable bonds is 4. The largest absolute Gasteiger partial charge is 0.392 e. The van der Waals surface area contributed by atoms with Crippen LogP contribution < -0.4 is 5.56 Å². The second-order valence-electron chi connectivity index (χ2n) is 6.27. The second kappa shape index (κ2) is 6.97. The minimum absolute atomic E-state index is 0.0223. The molecule has 0 aliphatic heterocycles. The molecule has 0 aliphatic rings. The molecule has 142 valence electrons. The Balaban J connectivity index is 1.83. The van der Waals surface area contributed by atoms with Crippen LogP contribution in [0.1, 0.15) is 11.1 Å². The lowest BCUT2D eigenvalue weighted by atomic mass is 10.1. The van der Waals surface area contributed by atoms with Gasteiger partial charge in [-0.3, -0.25) is 4.79 Å². The summed E-state index contributed by atoms with van der Waals surface area (Å²) in [6.07, 6.45) is 3.00. The van der Waals surface area contributed by atoms with Gasteiger partial charge in [0.1, 0.15) is 11.3 Å². The summed E-state index contributed by atoms with van der Waals surface area (Å²) in [6.45, 7) is -0.422. The van der Waals surface area contributed by atoms with E-state index in [-0.39, 0.29) is 12.1 Å². The smallest absolute Gasteiger partial charge is 0.277 e. The van der Waals surface area contributed by atoms with E-state index < -0.39 is 29.6 Å². The van der Waals surface area contributed by atoms with Gasteiger partial charge in [-0.15, -0.1) is 0 Å². The van der Waals surface area contributed by atoms with Crippen LogP contribution in [0.2, 0.25) is 0 Å². The number of fused-ring (bicyclic) bond motifs is 1. The second-order valence-corrected chi connectivity index (χ2v) is 6.27. The number of aliphatic hydroxyl groups excluding tert-OH is 1. The lowest BCUT2D eigenvalue weighted by molar-refractivity contribution is 0.283. The molecule has 5 nitrogen and oxygen atoms in total. The van der Waals surface area contributed by atoms with Crippen LogP contribution in [0, 0.1) is 17.5 Å². The highest BCUT2D eigenvalue weighted by Crippen LogP contribution is 2.25. The molecule has 2 aromatic heterocycles. The van der Waals surface area contributed by atoms with Crippen LogP contribution >= 0.6 is 0 Å². The number of aliphatic hydroxyl groups is 1. The Morgan fingerprint density at radius 2 is 1.71 bits per heavy atom. The first-order valence-electron chi connectivity index (χ1n) is 8.39. The number of halogens is 3. The highest BCUT2D eigenvalue weighted by molar-refractivity contribution is 5.72. The van der Waals surface area contributed by atoms with Crippen molar-refractivity contribution in [1.82, 2.24) is 14.2 Å². The summed E-state index contributed by atoms with van der Waals surface area (Å²) in [7, 11) is 0. The molecular weight excluding hydrogens is 371 g/mol. The summed E-state index contributed by atoms with van der Waals surface area (Å²) in [5.74, 6) is -2.37. The Hall–Kier alpha value is -3.39. The summed E-state index contributed by atoms with van der Waals surface area (Å²) in [4.78, 5) is 12.9. The van der Waals surface area contributed by atoms with Gasteiger partial charge in [0.15, 0.2) is 11.6 Å². The molecule has 4 rings (SSSR count). The first-order chi connectivity index (χ1) is 13.5. The Morgan fingerprint density at radius 1 is 0.964 bits per heavy atom. The minimum Gasteiger partial charge on any atom is -0.392 e. The van der Waals surface area contributed by atoms with E-state index in [0.29, 0.717) is 22.4 Å². The lowest BCUT2D eigenvalue weighted by Crippen LogP contribution is -2.22. The molecule has 0 bridgehead atoms. The summed E-state index contributed by atoms with van der Waals surface area (Å²) >= 11 is 0. The molecule has 2 aromatic carbocycles. The van der Waals surface area contributed by atoms with Crippen molar-refractivity contribution in [3.8, 4) is 11.3 Å². The summed E-state index contributed by atoms with van der Waals surface area (Å²) in [5, 5.41) is 14.2. The molecule has 0 spiro atoms. The molecule has 0 saturated carbocycles. The monoisotopic (exact) mass is 385 g/mol.